The minimum Gasteiger partial charge on any atom is -0.376 e. The van der Waals surface area contributed by atoms with Crippen molar-refractivity contribution in [2.75, 3.05) is 6.61 Å². The van der Waals surface area contributed by atoms with Gasteiger partial charge in [-0.3, -0.25) is 5.32 Å². The Hall–Kier alpha value is -0.680. The van der Waals surface area contributed by atoms with E-state index in [0.29, 0.717) is 18.2 Å². The first kappa shape index (κ1) is 13.0. The van der Waals surface area contributed by atoms with Gasteiger partial charge < -0.3 is 4.74 Å². The lowest BCUT2D eigenvalue weighted by molar-refractivity contribution is 0.0799. The molecule has 2 unspecified atom stereocenters. The molecule has 2 aromatic heterocycles. The first-order valence-electron chi connectivity index (χ1n) is 7.36. The standard InChI is InChI=1S/C16H19NOS2/c1-3-13(19-9-1)15(14-4-2-10-20-14)17-12-7-8-18-16(12)11-5-6-11/h1-4,9-12,15-17H,5-8H2. The predicted octanol–water partition coefficient (Wildman–Crippen LogP) is 4.06. The fraction of sp³-hybridized carbons (Fsp3) is 0.500. The largest absolute Gasteiger partial charge is 0.376 e. The summed E-state index contributed by atoms with van der Waals surface area (Å²) < 4.78 is 5.97. The van der Waals surface area contributed by atoms with Crippen LogP contribution in [0.25, 0.3) is 0 Å². The molecule has 2 aliphatic rings. The fourth-order valence-electron chi connectivity index (χ4n) is 3.11. The Kier molecular flexibility index (Phi) is 3.65. The van der Waals surface area contributed by atoms with Crippen molar-refractivity contribution in [1.29, 1.82) is 0 Å². The molecule has 2 fully saturated rings. The monoisotopic (exact) mass is 305 g/mol. The molecule has 20 heavy (non-hydrogen) atoms. The molecule has 106 valence electrons. The molecule has 1 saturated carbocycles. The number of ether oxygens (including phenoxy) is 1. The van der Waals surface area contributed by atoms with E-state index in [1.54, 1.807) is 0 Å². The highest BCUT2D eigenvalue weighted by atomic mass is 32.1. The van der Waals surface area contributed by atoms with Crippen molar-refractivity contribution in [3.63, 3.8) is 0 Å². The van der Waals surface area contributed by atoms with Gasteiger partial charge in [-0.1, -0.05) is 12.1 Å². The summed E-state index contributed by atoms with van der Waals surface area (Å²) in [7, 11) is 0. The first-order chi connectivity index (χ1) is 9.92. The third-order valence-electron chi connectivity index (χ3n) is 4.26. The van der Waals surface area contributed by atoms with Crippen molar-refractivity contribution in [1.82, 2.24) is 5.32 Å². The van der Waals surface area contributed by atoms with Crippen molar-refractivity contribution >= 4 is 22.7 Å². The van der Waals surface area contributed by atoms with Crippen LogP contribution in [0.4, 0.5) is 0 Å². The van der Waals surface area contributed by atoms with E-state index in [2.05, 4.69) is 40.3 Å². The van der Waals surface area contributed by atoms with Crippen LogP contribution in [0.5, 0.6) is 0 Å². The van der Waals surface area contributed by atoms with Crippen molar-refractivity contribution in [2.24, 2.45) is 5.92 Å². The summed E-state index contributed by atoms with van der Waals surface area (Å²) in [5.41, 5.74) is 0. The van der Waals surface area contributed by atoms with Crippen molar-refractivity contribution in [3.8, 4) is 0 Å². The van der Waals surface area contributed by atoms with Crippen LogP contribution in [0, 0.1) is 5.92 Å². The van der Waals surface area contributed by atoms with Crippen molar-refractivity contribution in [2.45, 2.75) is 37.5 Å². The highest BCUT2D eigenvalue weighted by Crippen LogP contribution is 2.40. The molecule has 3 heterocycles. The van der Waals surface area contributed by atoms with Crippen LogP contribution >= 0.6 is 22.7 Å². The molecule has 2 nitrogen and oxygen atoms in total. The van der Waals surface area contributed by atoms with Gasteiger partial charge in [-0.15, -0.1) is 22.7 Å². The molecular formula is C16H19NOS2. The SMILES string of the molecule is c1csc(C(NC2CCOC2C2CC2)c2cccs2)c1. The zero-order valence-corrected chi connectivity index (χ0v) is 13.0. The number of rotatable bonds is 5. The van der Waals surface area contributed by atoms with Gasteiger partial charge in [0, 0.05) is 22.4 Å². The van der Waals surface area contributed by atoms with Gasteiger partial charge in [0.05, 0.1) is 12.1 Å². The highest BCUT2D eigenvalue weighted by molar-refractivity contribution is 7.11. The van der Waals surface area contributed by atoms with E-state index in [-0.39, 0.29) is 0 Å². The van der Waals surface area contributed by atoms with Crippen LogP contribution in [-0.4, -0.2) is 18.8 Å². The Morgan fingerprint density at radius 3 is 2.30 bits per heavy atom. The van der Waals surface area contributed by atoms with Gasteiger partial charge in [0.1, 0.15) is 0 Å². The Labute approximate surface area is 127 Å². The zero-order valence-electron chi connectivity index (χ0n) is 11.3. The number of nitrogens with one attached hydrogen (secondary N) is 1. The average molecular weight is 305 g/mol. The second-order valence-electron chi connectivity index (χ2n) is 5.70. The Balaban J connectivity index is 1.56. The Bertz CT molecular complexity index is 499. The van der Waals surface area contributed by atoms with E-state index < -0.39 is 0 Å². The van der Waals surface area contributed by atoms with Gasteiger partial charge >= 0.3 is 0 Å². The maximum Gasteiger partial charge on any atom is 0.0767 e. The van der Waals surface area contributed by atoms with E-state index in [1.807, 2.05) is 22.7 Å². The molecule has 1 N–H and O–H groups in total. The van der Waals surface area contributed by atoms with Gasteiger partial charge in [-0.2, -0.15) is 0 Å². The Morgan fingerprint density at radius 1 is 1.05 bits per heavy atom. The maximum absolute atomic E-state index is 5.97. The molecule has 2 aromatic rings. The molecule has 2 atom stereocenters. The van der Waals surface area contributed by atoms with E-state index in [4.69, 9.17) is 4.74 Å². The summed E-state index contributed by atoms with van der Waals surface area (Å²) in [4.78, 5) is 2.82. The smallest absolute Gasteiger partial charge is 0.0767 e. The Morgan fingerprint density at radius 2 is 1.75 bits per heavy atom. The molecule has 1 aliphatic carbocycles. The normalized spacial score (nSPS) is 26.4. The van der Waals surface area contributed by atoms with E-state index in [0.717, 1.165) is 18.9 Å². The van der Waals surface area contributed by atoms with Gasteiger partial charge in [0.25, 0.3) is 0 Å². The van der Waals surface area contributed by atoms with Crippen LogP contribution in [-0.2, 0) is 4.74 Å². The highest BCUT2D eigenvalue weighted by Gasteiger charge is 2.41. The third-order valence-corrected chi connectivity index (χ3v) is 6.13. The summed E-state index contributed by atoms with van der Waals surface area (Å²) in [5, 5.41) is 8.22. The molecule has 4 rings (SSSR count). The van der Waals surface area contributed by atoms with E-state index >= 15 is 0 Å². The maximum atomic E-state index is 5.97. The molecular weight excluding hydrogens is 286 g/mol. The van der Waals surface area contributed by atoms with Gasteiger partial charge in [-0.05, 0) is 48.1 Å². The number of thiophene rings is 2. The summed E-state index contributed by atoms with van der Waals surface area (Å²) >= 11 is 3.68. The number of hydrogen-bond donors (Lipinski definition) is 1. The van der Waals surface area contributed by atoms with Crippen LogP contribution in [0.3, 0.4) is 0 Å². The molecule has 0 amide bonds. The summed E-state index contributed by atoms with van der Waals surface area (Å²) in [6.45, 7) is 0.917. The minimum atomic E-state index is 0.336. The third kappa shape index (κ3) is 2.58. The summed E-state index contributed by atoms with van der Waals surface area (Å²) in [6.07, 6.45) is 4.29. The van der Waals surface area contributed by atoms with E-state index in [9.17, 15) is 0 Å². The molecule has 0 aromatic carbocycles. The average Bonchev–Trinajstić information content (AvgIpc) is 2.98. The van der Waals surface area contributed by atoms with Gasteiger partial charge in [0.15, 0.2) is 0 Å². The van der Waals surface area contributed by atoms with Crippen LogP contribution in [0.2, 0.25) is 0 Å². The minimum absolute atomic E-state index is 0.336. The predicted molar refractivity (Wildman–Crippen MR) is 84.5 cm³/mol. The second-order valence-corrected chi connectivity index (χ2v) is 7.66. The summed E-state index contributed by atoms with van der Waals surface area (Å²) in [5.74, 6) is 0.808. The van der Waals surface area contributed by atoms with Crippen LogP contribution in [0.1, 0.15) is 35.1 Å². The lowest BCUT2D eigenvalue weighted by Gasteiger charge is -2.25. The lowest BCUT2D eigenvalue weighted by Crippen LogP contribution is -2.39. The summed E-state index contributed by atoms with van der Waals surface area (Å²) in [6, 6.07) is 9.62. The molecule has 0 spiro atoms. The topological polar surface area (TPSA) is 21.3 Å². The quantitative estimate of drug-likeness (QED) is 0.899. The van der Waals surface area contributed by atoms with E-state index in [1.165, 1.54) is 22.6 Å². The lowest BCUT2D eigenvalue weighted by atomic mass is 10.0. The van der Waals surface area contributed by atoms with Crippen molar-refractivity contribution in [3.05, 3.63) is 44.8 Å². The molecule has 1 saturated heterocycles. The molecule has 0 radical (unpaired) electrons. The van der Waals surface area contributed by atoms with Gasteiger partial charge in [0.2, 0.25) is 0 Å². The first-order valence-corrected chi connectivity index (χ1v) is 9.12. The fourth-order valence-corrected chi connectivity index (χ4v) is 4.79. The van der Waals surface area contributed by atoms with Crippen molar-refractivity contribution < 1.29 is 4.74 Å². The van der Waals surface area contributed by atoms with Crippen LogP contribution in [0.15, 0.2) is 35.0 Å². The van der Waals surface area contributed by atoms with Gasteiger partial charge in [-0.25, -0.2) is 0 Å². The zero-order chi connectivity index (χ0) is 13.4. The number of hydrogen-bond acceptors (Lipinski definition) is 4. The second kappa shape index (κ2) is 5.60. The van der Waals surface area contributed by atoms with Crippen LogP contribution < -0.4 is 5.32 Å². The molecule has 0 bridgehead atoms. The molecule has 4 heteroatoms. The molecule has 1 aliphatic heterocycles.